The van der Waals surface area contributed by atoms with Gasteiger partial charge in [-0.2, -0.15) is 0 Å². The quantitative estimate of drug-likeness (QED) is 0.823. The summed E-state index contributed by atoms with van der Waals surface area (Å²) in [5.41, 5.74) is 0.794. The first-order valence-electron chi connectivity index (χ1n) is 6.99. The van der Waals surface area contributed by atoms with Crippen LogP contribution >= 0.6 is 0 Å². The van der Waals surface area contributed by atoms with Crippen LogP contribution in [-0.2, 0) is 9.53 Å². The van der Waals surface area contributed by atoms with Crippen LogP contribution in [0.1, 0.15) is 11.6 Å². The van der Waals surface area contributed by atoms with Gasteiger partial charge >= 0.3 is 0 Å². The fraction of sp³-hybridized carbons (Fsp3) is 0.533. The number of ether oxygens (including phenoxy) is 1. The molecule has 1 aromatic carbocycles. The number of benzene rings is 1. The van der Waals surface area contributed by atoms with E-state index in [4.69, 9.17) is 4.74 Å². The maximum absolute atomic E-state index is 12.2. The van der Waals surface area contributed by atoms with Gasteiger partial charge in [-0.05, 0) is 5.56 Å². The Morgan fingerprint density at radius 3 is 2.70 bits per heavy atom. The van der Waals surface area contributed by atoms with Gasteiger partial charge in [-0.25, -0.2) is 0 Å². The molecule has 2 saturated heterocycles. The number of hydrogen-bond donors (Lipinski definition) is 2. The molecule has 0 spiro atoms. The number of aliphatic hydroxyl groups is 1. The lowest BCUT2D eigenvalue weighted by atomic mass is 9.85. The number of nitrogens with one attached hydrogen (secondary N) is 1. The Kier molecular flexibility index (Phi) is 3.74. The summed E-state index contributed by atoms with van der Waals surface area (Å²) < 4.78 is 5.25. The zero-order chi connectivity index (χ0) is 14.0. The number of aliphatic hydroxyl groups excluding tert-OH is 1. The van der Waals surface area contributed by atoms with Crippen molar-refractivity contribution in [3.8, 4) is 0 Å². The third-order valence-corrected chi connectivity index (χ3v) is 4.12. The maximum Gasteiger partial charge on any atom is 0.242 e. The van der Waals surface area contributed by atoms with Crippen LogP contribution in [0.4, 0.5) is 0 Å². The van der Waals surface area contributed by atoms with E-state index in [1.54, 1.807) is 0 Å². The highest BCUT2D eigenvalue weighted by atomic mass is 16.5. The predicted molar refractivity (Wildman–Crippen MR) is 74.1 cm³/mol. The van der Waals surface area contributed by atoms with E-state index in [0.29, 0.717) is 26.3 Å². The van der Waals surface area contributed by atoms with Crippen molar-refractivity contribution in [3.05, 3.63) is 35.9 Å². The Bertz CT molecular complexity index is 468. The molecule has 1 amide bonds. The summed E-state index contributed by atoms with van der Waals surface area (Å²) in [6, 6.07) is 9.53. The predicted octanol–water partition coefficient (Wildman–Crippen LogP) is 0.168. The molecule has 2 aliphatic rings. The van der Waals surface area contributed by atoms with Crippen LogP contribution in [0.2, 0.25) is 0 Å². The zero-order valence-electron chi connectivity index (χ0n) is 11.4. The van der Waals surface area contributed by atoms with Crippen LogP contribution < -0.4 is 5.32 Å². The largest absolute Gasteiger partial charge is 0.396 e. The molecule has 0 aromatic heterocycles. The minimum Gasteiger partial charge on any atom is -0.396 e. The van der Waals surface area contributed by atoms with Crippen molar-refractivity contribution in [1.29, 1.82) is 0 Å². The van der Waals surface area contributed by atoms with Gasteiger partial charge in [0.2, 0.25) is 5.91 Å². The molecule has 0 saturated carbocycles. The zero-order valence-corrected chi connectivity index (χ0v) is 11.4. The molecule has 0 radical (unpaired) electrons. The van der Waals surface area contributed by atoms with E-state index in [-0.39, 0.29) is 24.0 Å². The van der Waals surface area contributed by atoms with E-state index in [9.17, 15) is 9.90 Å². The molecule has 2 aliphatic heterocycles. The van der Waals surface area contributed by atoms with Gasteiger partial charge in [0.1, 0.15) is 6.04 Å². The normalized spacial score (nSPS) is 25.9. The Labute approximate surface area is 118 Å². The monoisotopic (exact) mass is 276 g/mol. The van der Waals surface area contributed by atoms with Gasteiger partial charge in [-0.3, -0.25) is 9.69 Å². The van der Waals surface area contributed by atoms with Gasteiger partial charge in [-0.1, -0.05) is 30.3 Å². The number of rotatable bonds is 4. The highest BCUT2D eigenvalue weighted by Crippen LogP contribution is 2.32. The first kappa shape index (κ1) is 13.5. The lowest BCUT2D eigenvalue weighted by Crippen LogP contribution is -2.58. The number of nitrogens with zero attached hydrogens (tertiary/aromatic N) is 1. The van der Waals surface area contributed by atoms with Gasteiger partial charge in [-0.15, -0.1) is 0 Å². The van der Waals surface area contributed by atoms with E-state index >= 15 is 0 Å². The Hall–Kier alpha value is -1.43. The molecular formula is C15H20N2O3. The first-order chi connectivity index (χ1) is 9.74. The summed E-state index contributed by atoms with van der Waals surface area (Å²) in [5.74, 6) is 0.0378. The van der Waals surface area contributed by atoms with E-state index in [2.05, 4.69) is 10.2 Å². The summed E-state index contributed by atoms with van der Waals surface area (Å²) >= 11 is 0. The van der Waals surface area contributed by atoms with Gasteiger partial charge in [0.15, 0.2) is 0 Å². The van der Waals surface area contributed by atoms with E-state index in [0.717, 1.165) is 12.1 Å². The Morgan fingerprint density at radius 1 is 1.35 bits per heavy atom. The minimum absolute atomic E-state index is 0.0378. The molecular weight excluding hydrogens is 256 g/mol. The summed E-state index contributed by atoms with van der Waals surface area (Å²) in [5, 5.41) is 12.5. The highest BCUT2D eigenvalue weighted by molar-refractivity contribution is 5.83. The third kappa shape index (κ3) is 2.44. The van der Waals surface area contributed by atoms with Crippen LogP contribution in [0.3, 0.4) is 0 Å². The molecule has 108 valence electrons. The molecule has 1 unspecified atom stereocenters. The van der Waals surface area contributed by atoms with E-state index in [1.807, 2.05) is 30.3 Å². The second kappa shape index (κ2) is 5.52. The Morgan fingerprint density at radius 2 is 2.10 bits per heavy atom. The van der Waals surface area contributed by atoms with Gasteiger partial charge in [0.25, 0.3) is 0 Å². The fourth-order valence-electron chi connectivity index (χ4n) is 2.94. The molecule has 0 aliphatic carbocycles. The summed E-state index contributed by atoms with van der Waals surface area (Å²) in [4.78, 5) is 14.4. The van der Waals surface area contributed by atoms with Crippen LogP contribution in [-0.4, -0.2) is 55.4 Å². The number of carbonyl (C=O) groups is 1. The van der Waals surface area contributed by atoms with Gasteiger partial charge < -0.3 is 15.2 Å². The molecule has 2 N–H and O–H groups in total. The number of hydrogen-bond acceptors (Lipinski definition) is 4. The van der Waals surface area contributed by atoms with Crippen LogP contribution in [0.5, 0.6) is 0 Å². The second-order valence-corrected chi connectivity index (χ2v) is 5.73. The lowest BCUT2D eigenvalue weighted by molar-refractivity contribution is -0.158. The molecule has 5 nitrogen and oxygen atoms in total. The standard InChI is InChI=1S/C15H20N2O3/c18-9-15(10-20-11-15)8-17-7-6-16-14(19)13(17)12-4-2-1-3-5-12/h1-5,13,18H,6-11H2,(H,16,19). The van der Waals surface area contributed by atoms with Crippen LogP contribution in [0, 0.1) is 5.41 Å². The second-order valence-electron chi connectivity index (χ2n) is 5.73. The third-order valence-electron chi connectivity index (χ3n) is 4.12. The smallest absolute Gasteiger partial charge is 0.242 e. The molecule has 20 heavy (non-hydrogen) atoms. The van der Waals surface area contributed by atoms with Crippen molar-refractivity contribution in [2.24, 2.45) is 5.41 Å². The van der Waals surface area contributed by atoms with Crippen molar-refractivity contribution in [2.75, 3.05) is 39.5 Å². The molecule has 5 heteroatoms. The van der Waals surface area contributed by atoms with Crippen molar-refractivity contribution >= 4 is 5.91 Å². The lowest BCUT2D eigenvalue weighted by Gasteiger charge is -2.46. The van der Waals surface area contributed by atoms with Crippen molar-refractivity contribution in [2.45, 2.75) is 6.04 Å². The van der Waals surface area contributed by atoms with Crippen molar-refractivity contribution < 1.29 is 14.6 Å². The van der Waals surface area contributed by atoms with E-state index < -0.39 is 0 Å². The molecule has 1 atom stereocenters. The number of piperazine rings is 1. The highest BCUT2D eigenvalue weighted by Gasteiger charge is 2.43. The molecule has 0 bridgehead atoms. The Balaban J connectivity index is 1.81. The summed E-state index contributed by atoms with van der Waals surface area (Å²) in [6.45, 7) is 3.40. The van der Waals surface area contributed by atoms with Crippen molar-refractivity contribution in [1.82, 2.24) is 10.2 Å². The summed E-state index contributed by atoms with van der Waals surface area (Å²) in [6.07, 6.45) is 0. The maximum atomic E-state index is 12.2. The van der Waals surface area contributed by atoms with Crippen molar-refractivity contribution in [3.63, 3.8) is 0 Å². The molecule has 1 aromatic rings. The fourth-order valence-corrected chi connectivity index (χ4v) is 2.94. The van der Waals surface area contributed by atoms with Crippen LogP contribution in [0.15, 0.2) is 30.3 Å². The average molecular weight is 276 g/mol. The van der Waals surface area contributed by atoms with Crippen LogP contribution in [0.25, 0.3) is 0 Å². The topological polar surface area (TPSA) is 61.8 Å². The number of carbonyl (C=O) groups excluding carboxylic acids is 1. The average Bonchev–Trinajstić information content (AvgIpc) is 2.44. The van der Waals surface area contributed by atoms with Gasteiger partial charge in [0, 0.05) is 19.6 Å². The molecule has 2 heterocycles. The molecule has 2 fully saturated rings. The summed E-state index contributed by atoms with van der Waals surface area (Å²) in [7, 11) is 0. The first-order valence-corrected chi connectivity index (χ1v) is 6.99. The van der Waals surface area contributed by atoms with E-state index in [1.165, 1.54) is 0 Å². The number of amides is 1. The SMILES string of the molecule is O=C1NCCN(CC2(CO)COC2)C1c1ccccc1. The molecule has 3 rings (SSSR count). The minimum atomic E-state index is -0.269. The van der Waals surface area contributed by atoms with Gasteiger partial charge in [0.05, 0.1) is 25.2 Å².